The zero-order chi connectivity index (χ0) is 18.4. The minimum Gasteiger partial charge on any atom is -0.480 e. The number of hydrogen-bond donors (Lipinski definition) is 4. The standard InChI is InChI=1S/C18H20N4O3/c1-11(21-15-8-6-14(7-9-15)17(23)22-20)13-4-2-12(3-5-13)10-16(19)18(24)25/h2-9,16H,10,19-20H2,1H3,(H,22,23)(H,24,25)/t16-/m0/s1. The highest BCUT2D eigenvalue weighted by Crippen LogP contribution is 2.16. The zero-order valence-corrected chi connectivity index (χ0v) is 13.8. The van der Waals surface area contributed by atoms with Crippen LogP contribution in [0.3, 0.4) is 0 Å². The molecule has 1 amide bonds. The van der Waals surface area contributed by atoms with Crippen LogP contribution < -0.4 is 17.0 Å². The first-order chi connectivity index (χ1) is 11.9. The topological polar surface area (TPSA) is 131 Å². The Labute approximate surface area is 145 Å². The van der Waals surface area contributed by atoms with Gasteiger partial charge in [-0.3, -0.25) is 20.0 Å². The molecule has 0 aromatic heterocycles. The van der Waals surface area contributed by atoms with Crippen molar-refractivity contribution in [3.63, 3.8) is 0 Å². The molecule has 0 bridgehead atoms. The van der Waals surface area contributed by atoms with Gasteiger partial charge in [-0.15, -0.1) is 0 Å². The number of nitrogens with one attached hydrogen (secondary N) is 1. The summed E-state index contributed by atoms with van der Waals surface area (Å²) in [5.41, 5.74) is 11.3. The van der Waals surface area contributed by atoms with Crippen molar-refractivity contribution in [3.8, 4) is 0 Å². The van der Waals surface area contributed by atoms with Crippen LogP contribution >= 0.6 is 0 Å². The number of aliphatic imine (C=N–C) groups is 1. The van der Waals surface area contributed by atoms with Crippen molar-refractivity contribution in [2.24, 2.45) is 16.6 Å². The van der Waals surface area contributed by atoms with Crippen LogP contribution in [0.25, 0.3) is 0 Å². The SMILES string of the molecule is CC(=Nc1ccc(C(=O)NN)cc1)c1ccc(C[C@H](N)C(=O)O)cc1. The van der Waals surface area contributed by atoms with Crippen LogP contribution in [0.1, 0.15) is 28.4 Å². The van der Waals surface area contributed by atoms with Gasteiger partial charge in [0.25, 0.3) is 5.91 Å². The third-order valence-corrected chi connectivity index (χ3v) is 3.70. The summed E-state index contributed by atoms with van der Waals surface area (Å²) in [6.45, 7) is 1.87. The largest absolute Gasteiger partial charge is 0.480 e. The first-order valence-corrected chi connectivity index (χ1v) is 7.64. The molecule has 0 aliphatic carbocycles. The number of carboxylic acid groups (broad SMARTS) is 1. The first kappa shape index (κ1) is 18.3. The number of hydrogen-bond acceptors (Lipinski definition) is 5. The van der Waals surface area contributed by atoms with Crippen molar-refractivity contribution in [2.45, 2.75) is 19.4 Å². The maximum atomic E-state index is 11.4. The van der Waals surface area contributed by atoms with Crippen LogP contribution in [-0.4, -0.2) is 28.7 Å². The third-order valence-electron chi connectivity index (χ3n) is 3.70. The molecule has 2 aromatic rings. The Hall–Kier alpha value is -3.03. The summed E-state index contributed by atoms with van der Waals surface area (Å²) in [6, 6.07) is 13.3. The van der Waals surface area contributed by atoms with Gasteiger partial charge in [0.2, 0.25) is 0 Å². The summed E-state index contributed by atoms with van der Waals surface area (Å²) in [6.07, 6.45) is 0.274. The molecule has 7 nitrogen and oxygen atoms in total. The number of amides is 1. The predicted octanol–water partition coefficient (Wildman–Crippen LogP) is 1.39. The number of carbonyl (C=O) groups is 2. The van der Waals surface area contributed by atoms with Gasteiger partial charge in [0, 0.05) is 11.3 Å². The number of nitrogen functional groups attached to an aromatic ring is 1. The molecule has 0 radical (unpaired) electrons. The van der Waals surface area contributed by atoms with Crippen molar-refractivity contribution in [2.75, 3.05) is 0 Å². The lowest BCUT2D eigenvalue weighted by molar-refractivity contribution is -0.138. The van der Waals surface area contributed by atoms with Gasteiger partial charge < -0.3 is 10.8 Å². The summed E-state index contributed by atoms with van der Waals surface area (Å²) < 4.78 is 0. The molecule has 2 rings (SSSR count). The second-order valence-electron chi connectivity index (χ2n) is 5.56. The molecule has 130 valence electrons. The molecule has 0 aliphatic rings. The molecule has 0 heterocycles. The minimum atomic E-state index is -1.02. The van der Waals surface area contributed by atoms with E-state index in [9.17, 15) is 9.59 Å². The van der Waals surface area contributed by atoms with Crippen LogP contribution in [0.4, 0.5) is 5.69 Å². The molecule has 0 spiro atoms. The predicted molar refractivity (Wildman–Crippen MR) is 95.7 cm³/mol. The molecular formula is C18H20N4O3. The molecule has 1 atom stereocenters. The van der Waals surface area contributed by atoms with E-state index in [0.29, 0.717) is 11.3 Å². The van der Waals surface area contributed by atoms with Gasteiger partial charge in [-0.05, 0) is 48.7 Å². The molecule has 6 N–H and O–H groups in total. The van der Waals surface area contributed by atoms with Crippen LogP contribution in [0.15, 0.2) is 53.5 Å². The number of carbonyl (C=O) groups excluding carboxylic acids is 1. The van der Waals surface area contributed by atoms with E-state index in [1.54, 1.807) is 24.3 Å². The van der Waals surface area contributed by atoms with Crippen LogP contribution in [-0.2, 0) is 11.2 Å². The highest BCUT2D eigenvalue weighted by atomic mass is 16.4. The lowest BCUT2D eigenvalue weighted by Crippen LogP contribution is -2.32. The lowest BCUT2D eigenvalue weighted by Gasteiger charge is -2.08. The molecule has 0 saturated heterocycles. The number of nitrogens with two attached hydrogens (primary N) is 2. The quantitative estimate of drug-likeness (QED) is 0.273. The Kier molecular flexibility index (Phi) is 5.99. The van der Waals surface area contributed by atoms with E-state index in [-0.39, 0.29) is 12.3 Å². The Morgan fingerprint density at radius 2 is 1.64 bits per heavy atom. The summed E-state index contributed by atoms with van der Waals surface area (Å²) in [7, 11) is 0. The number of benzene rings is 2. The number of rotatable bonds is 6. The zero-order valence-electron chi connectivity index (χ0n) is 13.8. The van der Waals surface area contributed by atoms with Gasteiger partial charge in [-0.1, -0.05) is 24.3 Å². The molecule has 7 heteroatoms. The normalized spacial score (nSPS) is 12.5. The minimum absolute atomic E-state index is 0.274. The van der Waals surface area contributed by atoms with E-state index in [1.165, 1.54) is 0 Å². The van der Waals surface area contributed by atoms with Crippen molar-refractivity contribution in [3.05, 3.63) is 65.2 Å². The van der Waals surface area contributed by atoms with E-state index in [0.717, 1.165) is 16.8 Å². The van der Waals surface area contributed by atoms with Gasteiger partial charge in [0.15, 0.2) is 0 Å². The average Bonchev–Trinajstić information content (AvgIpc) is 2.62. The fourth-order valence-electron chi connectivity index (χ4n) is 2.25. The fourth-order valence-corrected chi connectivity index (χ4v) is 2.25. The smallest absolute Gasteiger partial charge is 0.320 e. The first-order valence-electron chi connectivity index (χ1n) is 7.64. The Balaban J connectivity index is 2.11. The Morgan fingerprint density at radius 3 is 2.16 bits per heavy atom. The van der Waals surface area contributed by atoms with E-state index in [2.05, 4.69) is 10.4 Å². The highest BCUT2D eigenvalue weighted by molar-refractivity contribution is 6.00. The number of carboxylic acids is 1. The summed E-state index contributed by atoms with van der Waals surface area (Å²) in [5, 5.41) is 8.84. The van der Waals surface area contributed by atoms with Crippen molar-refractivity contribution < 1.29 is 14.7 Å². The van der Waals surface area contributed by atoms with Gasteiger partial charge >= 0.3 is 5.97 Å². The van der Waals surface area contributed by atoms with Gasteiger partial charge in [0.05, 0.1) is 5.69 Å². The summed E-state index contributed by atoms with van der Waals surface area (Å²) in [5.74, 6) is 3.71. The molecule has 0 fully saturated rings. The van der Waals surface area contributed by atoms with Crippen molar-refractivity contribution in [1.82, 2.24) is 5.43 Å². The third kappa shape index (κ3) is 4.97. The fraction of sp³-hybridized carbons (Fsp3) is 0.167. The maximum absolute atomic E-state index is 11.4. The lowest BCUT2D eigenvalue weighted by atomic mass is 10.0. The van der Waals surface area contributed by atoms with Crippen LogP contribution in [0, 0.1) is 0 Å². The second kappa shape index (κ2) is 8.18. The molecule has 2 aromatic carbocycles. The summed E-state index contributed by atoms with van der Waals surface area (Å²) in [4.78, 5) is 26.7. The van der Waals surface area contributed by atoms with Crippen LogP contribution in [0.5, 0.6) is 0 Å². The van der Waals surface area contributed by atoms with E-state index < -0.39 is 12.0 Å². The van der Waals surface area contributed by atoms with Gasteiger partial charge in [0.1, 0.15) is 6.04 Å². The van der Waals surface area contributed by atoms with Crippen LogP contribution in [0.2, 0.25) is 0 Å². The Bertz CT molecular complexity index is 783. The van der Waals surface area contributed by atoms with E-state index in [4.69, 9.17) is 16.7 Å². The molecule has 0 unspecified atom stereocenters. The molecular weight excluding hydrogens is 320 g/mol. The Morgan fingerprint density at radius 1 is 1.08 bits per heavy atom. The van der Waals surface area contributed by atoms with E-state index >= 15 is 0 Å². The number of nitrogens with zero attached hydrogens (tertiary/aromatic N) is 1. The maximum Gasteiger partial charge on any atom is 0.320 e. The number of hydrazine groups is 1. The average molecular weight is 340 g/mol. The summed E-state index contributed by atoms with van der Waals surface area (Å²) >= 11 is 0. The number of aliphatic carboxylic acids is 1. The van der Waals surface area contributed by atoms with Gasteiger partial charge in [-0.25, -0.2) is 5.84 Å². The highest BCUT2D eigenvalue weighted by Gasteiger charge is 2.12. The van der Waals surface area contributed by atoms with Crippen molar-refractivity contribution in [1.29, 1.82) is 0 Å². The second-order valence-corrected chi connectivity index (χ2v) is 5.56. The molecule has 0 saturated carbocycles. The van der Waals surface area contributed by atoms with Crippen molar-refractivity contribution >= 4 is 23.3 Å². The monoisotopic (exact) mass is 340 g/mol. The molecule has 25 heavy (non-hydrogen) atoms. The van der Waals surface area contributed by atoms with E-state index in [1.807, 2.05) is 31.2 Å². The molecule has 0 aliphatic heterocycles. The van der Waals surface area contributed by atoms with Gasteiger partial charge in [-0.2, -0.15) is 0 Å².